The van der Waals surface area contributed by atoms with Crippen molar-refractivity contribution in [2.75, 3.05) is 7.11 Å². The van der Waals surface area contributed by atoms with Gasteiger partial charge in [-0.05, 0) is 30.2 Å². The lowest BCUT2D eigenvalue weighted by molar-refractivity contribution is 0.379. The van der Waals surface area contributed by atoms with Gasteiger partial charge in [-0.25, -0.2) is 13.2 Å². The molecule has 1 atom stereocenters. The monoisotopic (exact) mass is 296 g/mol. The molecule has 0 aliphatic rings. The average Bonchev–Trinajstić information content (AvgIpc) is 2.49. The summed E-state index contributed by atoms with van der Waals surface area (Å²) in [6.45, 7) is 0. The fourth-order valence-electron chi connectivity index (χ4n) is 2.12. The second-order valence-corrected chi connectivity index (χ2v) is 4.54. The molecule has 2 rings (SSSR count). The largest absolute Gasteiger partial charge is 0.494 e. The average molecular weight is 296 g/mol. The molecule has 3 N–H and O–H groups in total. The molecule has 0 aliphatic carbocycles. The molecule has 112 valence electrons. The van der Waals surface area contributed by atoms with E-state index in [1.54, 1.807) is 12.1 Å². The topological polar surface area (TPSA) is 47.3 Å². The molecule has 0 saturated heterocycles. The summed E-state index contributed by atoms with van der Waals surface area (Å²) in [5.41, 5.74) is 3.27. The van der Waals surface area contributed by atoms with Crippen LogP contribution in [0.25, 0.3) is 0 Å². The lowest BCUT2D eigenvalue weighted by Gasteiger charge is -2.18. The van der Waals surface area contributed by atoms with E-state index in [1.807, 2.05) is 0 Å². The lowest BCUT2D eigenvalue weighted by atomic mass is 9.98. The number of rotatable bonds is 5. The first-order chi connectivity index (χ1) is 10.1. The van der Waals surface area contributed by atoms with Crippen LogP contribution in [0.3, 0.4) is 0 Å². The van der Waals surface area contributed by atoms with E-state index in [9.17, 15) is 13.2 Å². The van der Waals surface area contributed by atoms with E-state index < -0.39 is 23.5 Å². The molecule has 0 aliphatic heterocycles. The maximum absolute atomic E-state index is 14.2. The highest BCUT2D eigenvalue weighted by Crippen LogP contribution is 2.27. The molecule has 0 amide bonds. The Kier molecular flexibility index (Phi) is 4.82. The second-order valence-electron chi connectivity index (χ2n) is 4.54. The Hall–Kier alpha value is -2.05. The first kappa shape index (κ1) is 15.3. The van der Waals surface area contributed by atoms with Crippen molar-refractivity contribution in [3.8, 4) is 5.75 Å². The third-order valence-electron chi connectivity index (χ3n) is 3.21. The predicted molar refractivity (Wildman–Crippen MR) is 73.1 cm³/mol. The summed E-state index contributed by atoms with van der Waals surface area (Å²) in [6.07, 6.45) is 0.206. The van der Waals surface area contributed by atoms with E-state index in [-0.39, 0.29) is 12.2 Å². The predicted octanol–water partition coefficient (Wildman–Crippen LogP) is 2.86. The number of nitrogens with one attached hydrogen (secondary N) is 1. The van der Waals surface area contributed by atoms with Crippen molar-refractivity contribution in [2.45, 2.75) is 12.5 Å². The summed E-state index contributed by atoms with van der Waals surface area (Å²) in [5.74, 6) is 3.14. The third kappa shape index (κ3) is 3.34. The third-order valence-corrected chi connectivity index (χ3v) is 3.21. The second kappa shape index (κ2) is 6.60. The molecule has 0 saturated carbocycles. The van der Waals surface area contributed by atoms with Crippen LogP contribution in [-0.2, 0) is 6.42 Å². The van der Waals surface area contributed by atoms with Crippen molar-refractivity contribution in [3.63, 3.8) is 0 Å². The highest BCUT2D eigenvalue weighted by atomic mass is 19.2. The highest BCUT2D eigenvalue weighted by molar-refractivity contribution is 5.34. The quantitative estimate of drug-likeness (QED) is 0.659. The molecular weight excluding hydrogens is 281 g/mol. The zero-order chi connectivity index (χ0) is 15.4. The summed E-state index contributed by atoms with van der Waals surface area (Å²) in [6, 6.07) is 7.61. The number of ether oxygens (including phenoxy) is 1. The summed E-state index contributed by atoms with van der Waals surface area (Å²) < 4.78 is 45.2. The summed E-state index contributed by atoms with van der Waals surface area (Å²) in [4.78, 5) is 0. The van der Waals surface area contributed by atoms with Crippen LogP contribution >= 0.6 is 0 Å². The van der Waals surface area contributed by atoms with Gasteiger partial charge in [0.25, 0.3) is 0 Å². The molecular formula is C15H15F3N2O. The van der Waals surface area contributed by atoms with Gasteiger partial charge in [0.2, 0.25) is 0 Å². The standard InChI is InChI=1S/C15H15F3N2O/c1-21-14-4-2-3-10(15(14)18)13(20-19)8-9-5-6-11(16)12(17)7-9/h2-7,13,20H,8,19H2,1H3. The van der Waals surface area contributed by atoms with Gasteiger partial charge in [0, 0.05) is 5.56 Å². The molecule has 3 nitrogen and oxygen atoms in total. The molecule has 2 aromatic rings. The highest BCUT2D eigenvalue weighted by Gasteiger charge is 2.18. The minimum atomic E-state index is -0.950. The van der Waals surface area contributed by atoms with Gasteiger partial charge in [0.05, 0.1) is 13.2 Å². The van der Waals surface area contributed by atoms with Crippen LogP contribution in [0.4, 0.5) is 13.2 Å². The van der Waals surface area contributed by atoms with Crippen LogP contribution < -0.4 is 16.0 Å². The van der Waals surface area contributed by atoms with Crippen molar-refractivity contribution in [1.82, 2.24) is 5.43 Å². The summed E-state index contributed by atoms with van der Waals surface area (Å²) in [5, 5.41) is 0. The number of methoxy groups -OCH3 is 1. The first-order valence-electron chi connectivity index (χ1n) is 6.29. The van der Waals surface area contributed by atoms with Crippen molar-refractivity contribution in [2.24, 2.45) is 5.84 Å². The minimum Gasteiger partial charge on any atom is -0.494 e. The minimum absolute atomic E-state index is 0.0954. The van der Waals surface area contributed by atoms with Crippen molar-refractivity contribution in [3.05, 3.63) is 65.0 Å². The van der Waals surface area contributed by atoms with E-state index in [1.165, 1.54) is 19.2 Å². The van der Waals surface area contributed by atoms with Gasteiger partial charge < -0.3 is 4.74 Å². The molecule has 0 heterocycles. The molecule has 21 heavy (non-hydrogen) atoms. The Morgan fingerprint density at radius 2 is 1.90 bits per heavy atom. The van der Waals surface area contributed by atoms with E-state index in [2.05, 4.69) is 5.43 Å². The van der Waals surface area contributed by atoms with E-state index in [0.29, 0.717) is 11.1 Å². The van der Waals surface area contributed by atoms with Crippen molar-refractivity contribution in [1.29, 1.82) is 0 Å². The smallest absolute Gasteiger partial charge is 0.169 e. The zero-order valence-electron chi connectivity index (χ0n) is 11.4. The SMILES string of the molecule is COc1cccc(C(Cc2ccc(F)c(F)c2)NN)c1F. The van der Waals surface area contributed by atoms with Crippen LogP contribution in [0.2, 0.25) is 0 Å². The van der Waals surface area contributed by atoms with Crippen molar-refractivity contribution >= 4 is 0 Å². The van der Waals surface area contributed by atoms with E-state index in [0.717, 1.165) is 12.1 Å². The van der Waals surface area contributed by atoms with Gasteiger partial charge in [0.15, 0.2) is 23.2 Å². The van der Waals surface area contributed by atoms with Gasteiger partial charge in [-0.15, -0.1) is 0 Å². The van der Waals surface area contributed by atoms with Crippen LogP contribution in [0.5, 0.6) is 5.75 Å². The van der Waals surface area contributed by atoms with E-state index >= 15 is 0 Å². The molecule has 0 fully saturated rings. The van der Waals surface area contributed by atoms with Crippen LogP contribution in [-0.4, -0.2) is 7.11 Å². The van der Waals surface area contributed by atoms with Gasteiger partial charge in [0.1, 0.15) is 0 Å². The maximum Gasteiger partial charge on any atom is 0.169 e. The fourth-order valence-corrected chi connectivity index (χ4v) is 2.12. The zero-order valence-corrected chi connectivity index (χ0v) is 11.4. The molecule has 0 radical (unpaired) electrons. The van der Waals surface area contributed by atoms with Gasteiger partial charge in [-0.3, -0.25) is 11.3 Å². The van der Waals surface area contributed by atoms with Crippen LogP contribution in [0.1, 0.15) is 17.2 Å². The Labute approximate surface area is 120 Å². The maximum atomic E-state index is 14.2. The van der Waals surface area contributed by atoms with Gasteiger partial charge in [-0.1, -0.05) is 18.2 Å². The van der Waals surface area contributed by atoms with Gasteiger partial charge in [-0.2, -0.15) is 0 Å². The first-order valence-corrected chi connectivity index (χ1v) is 6.29. The molecule has 1 unspecified atom stereocenters. The van der Waals surface area contributed by atoms with Crippen LogP contribution in [0, 0.1) is 17.5 Å². The number of benzene rings is 2. The molecule has 0 bridgehead atoms. The number of halogens is 3. The molecule has 0 aromatic heterocycles. The molecule has 2 aromatic carbocycles. The molecule has 0 spiro atoms. The number of hydrogen-bond acceptors (Lipinski definition) is 3. The number of hydrazine groups is 1. The number of hydrogen-bond donors (Lipinski definition) is 2. The summed E-state index contributed by atoms with van der Waals surface area (Å²) >= 11 is 0. The normalized spacial score (nSPS) is 12.2. The lowest BCUT2D eigenvalue weighted by Crippen LogP contribution is -2.30. The molecule has 6 heteroatoms. The Morgan fingerprint density at radius 3 is 2.52 bits per heavy atom. The Bertz CT molecular complexity index is 634. The fraction of sp³-hybridized carbons (Fsp3) is 0.200. The Balaban J connectivity index is 2.29. The van der Waals surface area contributed by atoms with E-state index in [4.69, 9.17) is 10.6 Å². The number of nitrogens with two attached hydrogens (primary N) is 1. The Morgan fingerprint density at radius 1 is 1.14 bits per heavy atom. The van der Waals surface area contributed by atoms with Crippen molar-refractivity contribution < 1.29 is 17.9 Å². The summed E-state index contributed by atoms with van der Waals surface area (Å²) in [7, 11) is 1.36. The van der Waals surface area contributed by atoms with Gasteiger partial charge >= 0.3 is 0 Å². The van der Waals surface area contributed by atoms with Crippen LogP contribution in [0.15, 0.2) is 36.4 Å².